The zero-order valence-corrected chi connectivity index (χ0v) is 24.0. The summed E-state index contributed by atoms with van der Waals surface area (Å²) in [5, 5.41) is 11.6. The molecule has 0 N–H and O–H groups in total. The number of aliphatic imine (C=N–C) groups is 1. The van der Waals surface area contributed by atoms with Crippen LogP contribution < -0.4 is 9.80 Å². The second-order valence-electron chi connectivity index (χ2n) is 10.7. The molecule has 3 heterocycles. The van der Waals surface area contributed by atoms with Gasteiger partial charge in [0, 0.05) is 68.4 Å². The number of nitro benzene ring substituents is 1. The van der Waals surface area contributed by atoms with Gasteiger partial charge in [0.05, 0.1) is 29.5 Å². The van der Waals surface area contributed by atoms with E-state index in [1.807, 2.05) is 18.2 Å². The maximum absolute atomic E-state index is 13.9. The van der Waals surface area contributed by atoms with E-state index in [-0.39, 0.29) is 10.6 Å². The van der Waals surface area contributed by atoms with Crippen LogP contribution in [0.3, 0.4) is 0 Å². The van der Waals surface area contributed by atoms with E-state index in [0.717, 1.165) is 50.8 Å². The van der Waals surface area contributed by atoms with Gasteiger partial charge in [-0.2, -0.15) is 4.31 Å². The Bertz CT molecular complexity index is 1340. The van der Waals surface area contributed by atoms with Crippen molar-refractivity contribution in [1.29, 1.82) is 0 Å². The van der Waals surface area contributed by atoms with E-state index in [0.29, 0.717) is 62.4 Å². The van der Waals surface area contributed by atoms with Crippen LogP contribution in [0, 0.1) is 10.1 Å². The third-order valence-corrected chi connectivity index (χ3v) is 10.1. The number of morpholine rings is 1. The fraction of sp³-hybridized carbons (Fsp3) is 0.552. The zero-order valence-electron chi connectivity index (χ0n) is 23.2. The van der Waals surface area contributed by atoms with Gasteiger partial charge in [-0.25, -0.2) is 8.42 Å². The number of hydrogen-bond donors (Lipinski definition) is 0. The molecular weight excluding hydrogens is 530 g/mol. The minimum absolute atomic E-state index is 0.00582. The smallest absolute Gasteiger partial charge is 0.270 e. The lowest BCUT2D eigenvalue weighted by Gasteiger charge is -2.38. The van der Waals surface area contributed by atoms with Gasteiger partial charge in [0.15, 0.2) is 0 Å². The van der Waals surface area contributed by atoms with Crippen LogP contribution in [0.4, 0.5) is 22.7 Å². The molecule has 3 saturated heterocycles. The van der Waals surface area contributed by atoms with Crippen molar-refractivity contribution in [1.82, 2.24) is 4.31 Å². The molecule has 1 atom stereocenters. The Labute approximate surface area is 236 Å². The van der Waals surface area contributed by atoms with Crippen LogP contribution in [0.1, 0.15) is 57.4 Å². The first-order valence-corrected chi connectivity index (χ1v) is 15.9. The number of rotatable bonds is 8. The highest BCUT2D eigenvalue weighted by Gasteiger charge is 2.31. The largest absolute Gasteiger partial charge is 0.378 e. The van der Waals surface area contributed by atoms with E-state index in [1.54, 1.807) is 28.7 Å². The number of sulfonamides is 1. The lowest BCUT2D eigenvalue weighted by atomic mass is 9.98. The van der Waals surface area contributed by atoms with Crippen LogP contribution in [0.25, 0.3) is 0 Å². The molecule has 0 bridgehead atoms. The summed E-state index contributed by atoms with van der Waals surface area (Å²) in [6.07, 6.45) is 8.72. The Morgan fingerprint density at radius 1 is 0.975 bits per heavy atom. The van der Waals surface area contributed by atoms with Crippen LogP contribution in [-0.2, 0) is 14.8 Å². The molecule has 0 radical (unpaired) electrons. The number of nitro groups is 1. The van der Waals surface area contributed by atoms with Gasteiger partial charge in [-0.3, -0.25) is 15.1 Å². The second-order valence-corrected chi connectivity index (χ2v) is 12.6. The molecule has 0 aliphatic carbocycles. The molecule has 3 aliphatic heterocycles. The van der Waals surface area contributed by atoms with E-state index in [9.17, 15) is 18.5 Å². The monoisotopic (exact) mass is 569 g/mol. The molecule has 2 aromatic carbocycles. The Balaban J connectivity index is 1.53. The van der Waals surface area contributed by atoms with Crippen LogP contribution in [-0.4, -0.2) is 75.8 Å². The average molecular weight is 570 g/mol. The third-order valence-electron chi connectivity index (χ3n) is 8.21. The standard InChI is InChI=1S/C29H39N5O5S/c1-2-25-8-4-7-15-33(25)27-12-10-26(34(35)36)20-23(27)22-30-24-9-11-28(31-16-18-39-19-17-31)29(21-24)40(37,38)32-13-5-3-6-14-32/h9-12,20-22,25H,2-8,13-19H2,1H3/t25-/m0/s1. The van der Waals surface area contributed by atoms with Crippen LogP contribution in [0.5, 0.6) is 0 Å². The predicted molar refractivity (Wildman–Crippen MR) is 158 cm³/mol. The van der Waals surface area contributed by atoms with Crippen molar-refractivity contribution in [2.75, 3.05) is 55.7 Å². The lowest BCUT2D eigenvalue weighted by Crippen LogP contribution is -2.39. The number of hydrogen-bond acceptors (Lipinski definition) is 8. The molecule has 2 aromatic rings. The first-order chi connectivity index (χ1) is 19.4. The van der Waals surface area contributed by atoms with Crippen molar-refractivity contribution >= 4 is 39.0 Å². The molecule has 216 valence electrons. The minimum atomic E-state index is -3.72. The van der Waals surface area contributed by atoms with E-state index in [1.165, 1.54) is 6.42 Å². The SMILES string of the molecule is CC[C@H]1CCCCN1c1ccc([N+](=O)[O-])cc1C=Nc1ccc(N2CCOCC2)c(S(=O)(=O)N2CCCCC2)c1. The maximum Gasteiger partial charge on any atom is 0.270 e. The van der Waals surface area contributed by atoms with Gasteiger partial charge in [0.2, 0.25) is 10.0 Å². The molecular formula is C29H39N5O5S. The van der Waals surface area contributed by atoms with E-state index >= 15 is 0 Å². The summed E-state index contributed by atoms with van der Waals surface area (Å²) in [7, 11) is -3.72. The topological polar surface area (TPSA) is 109 Å². The molecule has 0 amide bonds. The van der Waals surface area contributed by atoms with Gasteiger partial charge in [-0.05, 0) is 62.8 Å². The number of piperidine rings is 2. The minimum Gasteiger partial charge on any atom is -0.378 e. The van der Waals surface area contributed by atoms with Gasteiger partial charge in [0.25, 0.3) is 5.69 Å². The number of benzene rings is 2. The molecule has 40 heavy (non-hydrogen) atoms. The Kier molecular flexibility index (Phi) is 9.02. The molecule has 0 unspecified atom stereocenters. The highest BCUT2D eigenvalue weighted by molar-refractivity contribution is 7.89. The number of non-ortho nitro benzene ring substituents is 1. The summed E-state index contributed by atoms with van der Waals surface area (Å²) >= 11 is 0. The Morgan fingerprint density at radius 3 is 2.42 bits per heavy atom. The molecule has 0 aromatic heterocycles. The van der Waals surface area contributed by atoms with E-state index in [2.05, 4.69) is 21.7 Å². The summed E-state index contributed by atoms with van der Waals surface area (Å²) in [6.45, 7) is 6.44. The molecule has 5 rings (SSSR count). The third kappa shape index (κ3) is 6.16. The maximum atomic E-state index is 13.9. The van der Waals surface area contributed by atoms with Gasteiger partial charge in [0.1, 0.15) is 4.90 Å². The van der Waals surface area contributed by atoms with Crippen molar-refractivity contribution in [2.45, 2.75) is 62.8 Å². The van der Waals surface area contributed by atoms with Crippen molar-refractivity contribution < 1.29 is 18.1 Å². The molecule has 10 nitrogen and oxygen atoms in total. The van der Waals surface area contributed by atoms with Gasteiger partial charge in [-0.15, -0.1) is 0 Å². The predicted octanol–water partition coefficient (Wildman–Crippen LogP) is 5.13. The summed E-state index contributed by atoms with van der Waals surface area (Å²) in [4.78, 5) is 20.5. The summed E-state index contributed by atoms with van der Waals surface area (Å²) in [6, 6.07) is 10.6. The molecule has 3 fully saturated rings. The fourth-order valence-electron chi connectivity index (χ4n) is 6.01. The van der Waals surface area contributed by atoms with Crippen molar-refractivity contribution in [2.24, 2.45) is 4.99 Å². The highest BCUT2D eigenvalue weighted by Crippen LogP contribution is 2.35. The summed E-state index contributed by atoms with van der Waals surface area (Å²) in [5.41, 5.74) is 2.75. The number of ether oxygens (including phenoxy) is 1. The van der Waals surface area contributed by atoms with Crippen molar-refractivity contribution in [3.63, 3.8) is 0 Å². The van der Waals surface area contributed by atoms with Crippen LogP contribution in [0.2, 0.25) is 0 Å². The Hall–Kier alpha value is -3.02. The van der Waals surface area contributed by atoms with E-state index < -0.39 is 14.9 Å². The number of nitrogens with zero attached hydrogens (tertiary/aromatic N) is 5. The molecule has 3 aliphatic rings. The van der Waals surface area contributed by atoms with Gasteiger partial charge >= 0.3 is 0 Å². The van der Waals surface area contributed by atoms with Crippen LogP contribution >= 0.6 is 0 Å². The average Bonchev–Trinajstić information content (AvgIpc) is 3.00. The molecule has 11 heteroatoms. The fourth-order valence-corrected chi connectivity index (χ4v) is 7.75. The zero-order chi connectivity index (χ0) is 28.1. The molecule has 0 spiro atoms. The van der Waals surface area contributed by atoms with Gasteiger partial charge < -0.3 is 14.5 Å². The normalized spacial score (nSPS) is 21.2. The van der Waals surface area contributed by atoms with E-state index in [4.69, 9.17) is 4.74 Å². The first-order valence-electron chi connectivity index (χ1n) is 14.4. The summed E-state index contributed by atoms with van der Waals surface area (Å²) in [5.74, 6) is 0. The van der Waals surface area contributed by atoms with Gasteiger partial charge in [-0.1, -0.05) is 13.3 Å². The molecule has 0 saturated carbocycles. The first kappa shape index (κ1) is 28.5. The van der Waals surface area contributed by atoms with Crippen molar-refractivity contribution in [3.8, 4) is 0 Å². The van der Waals surface area contributed by atoms with Crippen molar-refractivity contribution in [3.05, 3.63) is 52.1 Å². The lowest BCUT2D eigenvalue weighted by molar-refractivity contribution is -0.384. The second kappa shape index (κ2) is 12.7. The summed E-state index contributed by atoms with van der Waals surface area (Å²) < 4.78 is 34.8. The Morgan fingerprint density at radius 2 is 1.70 bits per heavy atom. The van der Waals surface area contributed by atoms with Crippen LogP contribution in [0.15, 0.2) is 46.3 Å². The quantitative estimate of drug-likeness (QED) is 0.246. The number of anilines is 2. The highest BCUT2D eigenvalue weighted by atomic mass is 32.2.